The number of hydrogen-bond donors (Lipinski definition) is 1. The van der Waals surface area contributed by atoms with Crippen LogP contribution in [-0.2, 0) is 9.53 Å². The molecule has 1 N–H and O–H groups in total. The van der Waals surface area contributed by atoms with Crippen molar-refractivity contribution in [2.45, 2.75) is 20.3 Å². The molecule has 0 spiro atoms. The number of aryl methyl sites for hydroxylation is 1. The van der Waals surface area contributed by atoms with Gasteiger partial charge in [-0.1, -0.05) is 6.92 Å². The normalized spacial score (nSPS) is 9.88. The third-order valence-corrected chi connectivity index (χ3v) is 2.90. The van der Waals surface area contributed by atoms with E-state index in [1.807, 2.05) is 13.0 Å². The minimum absolute atomic E-state index is 0.120. The molecular weight excluding hydrogens is 226 g/mol. The van der Waals surface area contributed by atoms with Gasteiger partial charge in [0.1, 0.15) is 6.61 Å². The van der Waals surface area contributed by atoms with Crippen molar-refractivity contribution in [1.29, 1.82) is 0 Å². The Hall–Kier alpha value is -1.36. The zero-order valence-electron chi connectivity index (χ0n) is 9.41. The lowest BCUT2D eigenvalue weighted by Crippen LogP contribution is -2.27. The van der Waals surface area contributed by atoms with Crippen molar-refractivity contribution in [3.05, 3.63) is 21.9 Å². The second-order valence-corrected chi connectivity index (χ2v) is 4.53. The van der Waals surface area contributed by atoms with Gasteiger partial charge in [-0.25, -0.2) is 0 Å². The number of ether oxygens (including phenoxy) is 1. The first-order valence-corrected chi connectivity index (χ1v) is 5.95. The molecule has 0 radical (unpaired) electrons. The third kappa shape index (κ3) is 4.02. The maximum Gasteiger partial charge on any atom is 0.305 e. The maximum atomic E-state index is 11.5. The first-order valence-electron chi connectivity index (χ1n) is 5.13. The molecule has 0 aliphatic carbocycles. The van der Waals surface area contributed by atoms with Gasteiger partial charge >= 0.3 is 5.97 Å². The number of carbonyl (C=O) groups is 2. The van der Waals surface area contributed by atoms with E-state index >= 15 is 0 Å². The Bertz CT molecular complexity index is 373. The van der Waals surface area contributed by atoms with Crippen molar-refractivity contribution >= 4 is 23.2 Å². The molecule has 1 aromatic heterocycles. The lowest BCUT2D eigenvalue weighted by atomic mass is 10.4. The summed E-state index contributed by atoms with van der Waals surface area (Å²) in [5, 5.41) is 2.69. The van der Waals surface area contributed by atoms with E-state index in [4.69, 9.17) is 4.74 Å². The van der Waals surface area contributed by atoms with Crippen molar-refractivity contribution in [1.82, 2.24) is 5.32 Å². The van der Waals surface area contributed by atoms with E-state index in [2.05, 4.69) is 5.32 Å². The third-order valence-electron chi connectivity index (χ3n) is 1.90. The van der Waals surface area contributed by atoms with Crippen LogP contribution in [0.3, 0.4) is 0 Å². The van der Waals surface area contributed by atoms with Crippen molar-refractivity contribution in [3.8, 4) is 0 Å². The average molecular weight is 241 g/mol. The van der Waals surface area contributed by atoms with Crippen LogP contribution in [0.2, 0.25) is 0 Å². The molecule has 5 heteroatoms. The molecule has 0 unspecified atom stereocenters. The average Bonchev–Trinajstić information content (AvgIpc) is 2.70. The minimum Gasteiger partial charge on any atom is -0.464 e. The highest BCUT2D eigenvalue weighted by Crippen LogP contribution is 2.14. The molecule has 16 heavy (non-hydrogen) atoms. The highest BCUT2D eigenvalue weighted by Gasteiger charge is 2.07. The topological polar surface area (TPSA) is 55.4 Å². The van der Waals surface area contributed by atoms with Gasteiger partial charge in [-0.05, 0) is 19.1 Å². The van der Waals surface area contributed by atoms with Gasteiger partial charge in [0.15, 0.2) is 0 Å². The van der Waals surface area contributed by atoms with Crippen LogP contribution in [0.15, 0.2) is 12.1 Å². The molecule has 1 rings (SSSR count). The van der Waals surface area contributed by atoms with Crippen molar-refractivity contribution < 1.29 is 14.3 Å². The van der Waals surface area contributed by atoms with Gasteiger partial charge in [0.05, 0.1) is 11.4 Å². The highest BCUT2D eigenvalue weighted by atomic mass is 32.1. The molecule has 0 bridgehead atoms. The zero-order valence-corrected chi connectivity index (χ0v) is 10.2. The Balaban J connectivity index is 2.23. The fraction of sp³-hybridized carbons (Fsp3) is 0.455. The van der Waals surface area contributed by atoms with Crippen LogP contribution in [-0.4, -0.2) is 25.0 Å². The summed E-state index contributed by atoms with van der Waals surface area (Å²) in [5.74, 6) is -0.369. The largest absolute Gasteiger partial charge is 0.464 e. The summed E-state index contributed by atoms with van der Waals surface area (Å²) in [6, 6.07) is 3.68. The molecule has 0 fully saturated rings. The Kier molecular flexibility index (Phi) is 4.98. The first kappa shape index (κ1) is 12.7. The Morgan fingerprint density at radius 1 is 1.44 bits per heavy atom. The summed E-state index contributed by atoms with van der Waals surface area (Å²) in [7, 11) is 0. The zero-order chi connectivity index (χ0) is 12.0. The van der Waals surface area contributed by atoms with E-state index in [1.54, 1.807) is 13.0 Å². The van der Waals surface area contributed by atoms with Gasteiger partial charge in [-0.2, -0.15) is 0 Å². The quantitative estimate of drug-likeness (QED) is 0.631. The lowest BCUT2D eigenvalue weighted by molar-refractivity contribution is -0.143. The molecule has 0 aliphatic rings. The lowest BCUT2D eigenvalue weighted by Gasteiger charge is -2.04. The van der Waals surface area contributed by atoms with Crippen molar-refractivity contribution in [2.75, 3.05) is 13.2 Å². The van der Waals surface area contributed by atoms with Gasteiger partial charge < -0.3 is 10.1 Å². The summed E-state index contributed by atoms with van der Waals surface area (Å²) in [5.41, 5.74) is 0. The van der Waals surface area contributed by atoms with E-state index in [9.17, 15) is 9.59 Å². The summed E-state index contributed by atoms with van der Waals surface area (Å²) in [6.07, 6.45) is 0.359. The molecule has 1 heterocycles. The molecule has 0 atom stereocenters. The van der Waals surface area contributed by atoms with Crippen LogP contribution in [0.1, 0.15) is 27.9 Å². The number of esters is 1. The van der Waals surface area contributed by atoms with Crippen LogP contribution in [0.5, 0.6) is 0 Å². The standard InChI is InChI=1S/C11H15NO3S/c1-3-10(13)15-7-6-12-11(14)9-5-4-8(2)16-9/h4-5H,3,6-7H2,1-2H3,(H,12,14). The van der Waals surface area contributed by atoms with Gasteiger partial charge in [0.25, 0.3) is 5.91 Å². The Morgan fingerprint density at radius 3 is 2.75 bits per heavy atom. The summed E-state index contributed by atoms with van der Waals surface area (Å²) in [4.78, 5) is 24.1. The van der Waals surface area contributed by atoms with Crippen LogP contribution in [0, 0.1) is 6.92 Å². The fourth-order valence-electron chi connectivity index (χ4n) is 1.08. The van der Waals surface area contributed by atoms with E-state index in [0.717, 1.165) is 4.88 Å². The summed E-state index contributed by atoms with van der Waals surface area (Å²) in [6.45, 7) is 4.25. The Morgan fingerprint density at radius 2 is 2.19 bits per heavy atom. The second kappa shape index (κ2) is 6.27. The van der Waals surface area contributed by atoms with Crippen molar-refractivity contribution in [2.24, 2.45) is 0 Å². The number of carbonyl (C=O) groups excluding carboxylic acids is 2. The summed E-state index contributed by atoms with van der Waals surface area (Å²) < 4.78 is 4.83. The van der Waals surface area contributed by atoms with Gasteiger partial charge in [0, 0.05) is 11.3 Å². The van der Waals surface area contributed by atoms with Gasteiger partial charge in [0.2, 0.25) is 0 Å². The van der Waals surface area contributed by atoms with Crippen LogP contribution >= 0.6 is 11.3 Å². The first-order chi connectivity index (χ1) is 7.63. The molecule has 1 aromatic rings. The molecule has 0 aliphatic heterocycles. The van der Waals surface area contributed by atoms with E-state index < -0.39 is 0 Å². The smallest absolute Gasteiger partial charge is 0.305 e. The van der Waals surface area contributed by atoms with E-state index in [1.165, 1.54) is 11.3 Å². The number of hydrogen-bond acceptors (Lipinski definition) is 4. The monoisotopic (exact) mass is 241 g/mol. The Labute approximate surface area is 98.6 Å². The van der Waals surface area contributed by atoms with E-state index in [0.29, 0.717) is 17.8 Å². The van der Waals surface area contributed by atoms with Gasteiger partial charge in [-0.3, -0.25) is 9.59 Å². The highest BCUT2D eigenvalue weighted by molar-refractivity contribution is 7.13. The predicted octanol–water partition coefficient (Wildman–Crippen LogP) is 1.74. The second-order valence-electron chi connectivity index (χ2n) is 3.24. The van der Waals surface area contributed by atoms with Gasteiger partial charge in [-0.15, -0.1) is 11.3 Å². The predicted molar refractivity (Wildman–Crippen MR) is 62.6 cm³/mol. The molecule has 88 valence electrons. The molecule has 0 saturated heterocycles. The summed E-state index contributed by atoms with van der Waals surface area (Å²) >= 11 is 1.44. The number of amides is 1. The number of nitrogens with one attached hydrogen (secondary N) is 1. The SMILES string of the molecule is CCC(=O)OCCNC(=O)c1ccc(C)s1. The van der Waals surface area contributed by atoms with Crippen LogP contribution in [0.25, 0.3) is 0 Å². The molecule has 0 saturated carbocycles. The van der Waals surface area contributed by atoms with Crippen LogP contribution in [0.4, 0.5) is 0 Å². The molecule has 1 amide bonds. The van der Waals surface area contributed by atoms with Crippen LogP contribution < -0.4 is 5.32 Å². The number of thiophene rings is 1. The molecule has 4 nitrogen and oxygen atoms in total. The van der Waals surface area contributed by atoms with Crippen molar-refractivity contribution in [3.63, 3.8) is 0 Å². The molecule has 0 aromatic carbocycles. The molecular formula is C11H15NO3S. The number of rotatable bonds is 5. The maximum absolute atomic E-state index is 11.5. The van der Waals surface area contributed by atoms with E-state index in [-0.39, 0.29) is 18.5 Å². The fourth-order valence-corrected chi connectivity index (χ4v) is 1.86. The minimum atomic E-state index is -0.249.